The molecule has 0 saturated carbocycles. The first-order valence-electron chi connectivity index (χ1n) is 6.12. The van der Waals surface area contributed by atoms with Crippen LogP contribution in [0.2, 0.25) is 0 Å². The molecule has 1 heterocycles. The summed E-state index contributed by atoms with van der Waals surface area (Å²) in [6.45, 7) is 7.29. The minimum absolute atomic E-state index is 0.145. The second-order valence-electron chi connectivity index (χ2n) is 4.51. The Bertz CT molecular complexity index is 297. The van der Waals surface area contributed by atoms with E-state index in [0.717, 1.165) is 19.6 Å². The number of hydrogen-bond acceptors (Lipinski definition) is 4. The Balaban J connectivity index is 2.26. The Morgan fingerprint density at radius 1 is 1.53 bits per heavy atom. The summed E-state index contributed by atoms with van der Waals surface area (Å²) < 4.78 is 0. The molecule has 1 atom stereocenters. The summed E-state index contributed by atoms with van der Waals surface area (Å²) in [5.74, 6) is 2.21. The zero-order chi connectivity index (χ0) is 12.7. The van der Waals surface area contributed by atoms with Gasteiger partial charge in [-0.3, -0.25) is 9.69 Å². The van der Waals surface area contributed by atoms with Gasteiger partial charge in [-0.1, -0.05) is 6.92 Å². The molecule has 96 valence electrons. The van der Waals surface area contributed by atoms with Gasteiger partial charge in [0.15, 0.2) is 0 Å². The van der Waals surface area contributed by atoms with Gasteiger partial charge in [-0.15, -0.1) is 0 Å². The third-order valence-electron chi connectivity index (χ3n) is 3.27. The first-order valence-corrected chi connectivity index (χ1v) is 7.27. The van der Waals surface area contributed by atoms with Crippen molar-refractivity contribution in [3.8, 4) is 6.07 Å². The van der Waals surface area contributed by atoms with Crippen LogP contribution in [0.3, 0.4) is 0 Å². The van der Waals surface area contributed by atoms with E-state index in [-0.39, 0.29) is 5.91 Å². The van der Waals surface area contributed by atoms with Gasteiger partial charge in [-0.2, -0.15) is 17.0 Å². The number of carbonyl (C=O) groups excluding carboxylic acids is 1. The fourth-order valence-electron chi connectivity index (χ4n) is 1.64. The van der Waals surface area contributed by atoms with Crippen molar-refractivity contribution in [1.82, 2.24) is 10.2 Å². The molecule has 0 aromatic rings. The Kier molecular flexibility index (Phi) is 5.79. The lowest BCUT2D eigenvalue weighted by molar-refractivity contribution is -0.127. The van der Waals surface area contributed by atoms with Gasteiger partial charge in [0.05, 0.1) is 6.07 Å². The maximum absolute atomic E-state index is 11.8. The third kappa shape index (κ3) is 4.21. The van der Waals surface area contributed by atoms with Crippen molar-refractivity contribution in [1.29, 1.82) is 5.26 Å². The van der Waals surface area contributed by atoms with Crippen molar-refractivity contribution in [2.75, 3.05) is 37.7 Å². The molecule has 1 unspecified atom stereocenters. The predicted octanol–water partition coefficient (Wildman–Crippen LogP) is 1.09. The first-order chi connectivity index (χ1) is 8.12. The maximum Gasteiger partial charge on any atom is 0.240 e. The second kappa shape index (κ2) is 6.87. The Morgan fingerprint density at radius 2 is 2.18 bits per heavy atom. The predicted molar refractivity (Wildman–Crippen MR) is 70.8 cm³/mol. The van der Waals surface area contributed by atoms with Gasteiger partial charge >= 0.3 is 0 Å². The highest BCUT2D eigenvalue weighted by molar-refractivity contribution is 7.99. The van der Waals surface area contributed by atoms with E-state index < -0.39 is 5.41 Å². The van der Waals surface area contributed by atoms with E-state index in [0.29, 0.717) is 13.0 Å². The van der Waals surface area contributed by atoms with E-state index in [4.69, 9.17) is 5.26 Å². The summed E-state index contributed by atoms with van der Waals surface area (Å²) in [6.07, 6.45) is 0.551. The van der Waals surface area contributed by atoms with Gasteiger partial charge in [0.25, 0.3) is 0 Å². The van der Waals surface area contributed by atoms with Gasteiger partial charge in [-0.25, -0.2) is 0 Å². The van der Waals surface area contributed by atoms with Gasteiger partial charge in [0, 0.05) is 37.7 Å². The monoisotopic (exact) mass is 255 g/mol. The summed E-state index contributed by atoms with van der Waals surface area (Å²) in [5, 5.41) is 11.8. The van der Waals surface area contributed by atoms with Crippen LogP contribution >= 0.6 is 11.8 Å². The van der Waals surface area contributed by atoms with E-state index in [2.05, 4.69) is 16.3 Å². The Hall–Kier alpha value is -0.730. The third-order valence-corrected chi connectivity index (χ3v) is 4.21. The summed E-state index contributed by atoms with van der Waals surface area (Å²) in [4.78, 5) is 14.2. The molecular weight excluding hydrogens is 234 g/mol. The van der Waals surface area contributed by atoms with E-state index in [1.165, 1.54) is 11.5 Å². The first kappa shape index (κ1) is 14.3. The number of rotatable bonds is 5. The molecule has 0 aromatic heterocycles. The van der Waals surface area contributed by atoms with Gasteiger partial charge in [-0.05, 0) is 13.3 Å². The molecule has 1 saturated heterocycles. The number of carbonyl (C=O) groups is 1. The van der Waals surface area contributed by atoms with Gasteiger partial charge in [0.1, 0.15) is 5.41 Å². The van der Waals surface area contributed by atoms with Crippen LogP contribution in [0.5, 0.6) is 0 Å². The van der Waals surface area contributed by atoms with Crippen molar-refractivity contribution in [3.05, 3.63) is 0 Å². The molecule has 0 aliphatic carbocycles. The number of nitrogens with one attached hydrogen (secondary N) is 1. The zero-order valence-corrected chi connectivity index (χ0v) is 11.5. The number of amides is 1. The van der Waals surface area contributed by atoms with Gasteiger partial charge in [0.2, 0.25) is 5.91 Å². The highest BCUT2D eigenvalue weighted by Gasteiger charge is 2.30. The SMILES string of the molecule is CCC(C)(C#N)C(=O)NCCN1CCSCC1. The van der Waals surface area contributed by atoms with Crippen LogP contribution in [0.25, 0.3) is 0 Å². The van der Waals surface area contributed by atoms with Crippen molar-refractivity contribution in [2.24, 2.45) is 5.41 Å². The van der Waals surface area contributed by atoms with E-state index in [1.54, 1.807) is 6.92 Å². The summed E-state index contributed by atoms with van der Waals surface area (Å²) in [7, 11) is 0. The lowest BCUT2D eigenvalue weighted by Gasteiger charge is -2.26. The van der Waals surface area contributed by atoms with Crippen molar-refractivity contribution in [3.63, 3.8) is 0 Å². The van der Waals surface area contributed by atoms with E-state index >= 15 is 0 Å². The Labute approximate surface area is 108 Å². The molecule has 0 spiro atoms. The molecule has 1 fully saturated rings. The zero-order valence-electron chi connectivity index (χ0n) is 10.7. The summed E-state index contributed by atoms with van der Waals surface area (Å²) in [5.41, 5.74) is -0.877. The molecule has 1 N–H and O–H groups in total. The highest BCUT2D eigenvalue weighted by atomic mass is 32.2. The summed E-state index contributed by atoms with van der Waals surface area (Å²) in [6, 6.07) is 2.09. The molecule has 4 nitrogen and oxygen atoms in total. The number of nitrogens with zero attached hydrogens (tertiary/aromatic N) is 2. The minimum atomic E-state index is -0.877. The number of nitriles is 1. The second-order valence-corrected chi connectivity index (χ2v) is 5.73. The maximum atomic E-state index is 11.8. The molecule has 1 aliphatic rings. The molecule has 1 amide bonds. The van der Waals surface area contributed by atoms with Crippen LogP contribution < -0.4 is 5.32 Å². The smallest absolute Gasteiger partial charge is 0.240 e. The fourth-order valence-corrected chi connectivity index (χ4v) is 2.62. The van der Waals surface area contributed by atoms with Crippen LogP contribution in [0.15, 0.2) is 0 Å². The Morgan fingerprint density at radius 3 is 2.71 bits per heavy atom. The molecule has 0 radical (unpaired) electrons. The lowest BCUT2D eigenvalue weighted by atomic mass is 9.88. The summed E-state index contributed by atoms with van der Waals surface area (Å²) >= 11 is 1.98. The molecule has 5 heteroatoms. The largest absolute Gasteiger partial charge is 0.353 e. The highest BCUT2D eigenvalue weighted by Crippen LogP contribution is 2.19. The number of thioether (sulfide) groups is 1. The number of hydrogen-bond donors (Lipinski definition) is 1. The van der Waals surface area contributed by atoms with E-state index in [9.17, 15) is 4.79 Å². The van der Waals surface area contributed by atoms with Gasteiger partial charge < -0.3 is 5.32 Å². The van der Waals surface area contributed by atoms with Crippen molar-refractivity contribution < 1.29 is 4.79 Å². The average molecular weight is 255 g/mol. The normalized spacial score (nSPS) is 20.3. The van der Waals surface area contributed by atoms with Crippen LogP contribution in [-0.4, -0.2) is 48.5 Å². The molecular formula is C12H21N3OS. The van der Waals surface area contributed by atoms with Crippen LogP contribution in [0, 0.1) is 16.7 Å². The van der Waals surface area contributed by atoms with Crippen LogP contribution in [-0.2, 0) is 4.79 Å². The van der Waals surface area contributed by atoms with Crippen LogP contribution in [0.4, 0.5) is 0 Å². The molecule has 17 heavy (non-hydrogen) atoms. The quantitative estimate of drug-likeness (QED) is 0.799. The average Bonchev–Trinajstić information content (AvgIpc) is 2.39. The molecule has 0 aromatic carbocycles. The standard InChI is InChI=1S/C12H21N3OS/c1-3-12(2,10-13)11(16)14-4-5-15-6-8-17-9-7-15/h3-9H2,1-2H3,(H,14,16). The van der Waals surface area contributed by atoms with Crippen molar-refractivity contribution in [2.45, 2.75) is 20.3 Å². The van der Waals surface area contributed by atoms with Crippen LogP contribution in [0.1, 0.15) is 20.3 Å². The lowest BCUT2D eigenvalue weighted by Crippen LogP contribution is -2.43. The molecule has 1 aliphatic heterocycles. The van der Waals surface area contributed by atoms with E-state index in [1.807, 2.05) is 18.7 Å². The molecule has 0 bridgehead atoms. The molecule has 1 rings (SSSR count). The fraction of sp³-hybridized carbons (Fsp3) is 0.833. The van der Waals surface area contributed by atoms with Crippen molar-refractivity contribution >= 4 is 17.7 Å². The minimum Gasteiger partial charge on any atom is -0.353 e. The topological polar surface area (TPSA) is 56.1 Å².